The van der Waals surface area contributed by atoms with Crippen LogP contribution in [0.1, 0.15) is 24.8 Å². The molecule has 2 unspecified atom stereocenters. The van der Waals surface area contributed by atoms with Gasteiger partial charge >= 0.3 is 0 Å². The van der Waals surface area contributed by atoms with Crippen molar-refractivity contribution in [1.82, 2.24) is 0 Å². The van der Waals surface area contributed by atoms with Crippen LogP contribution >= 0.6 is 0 Å². The normalized spacial score (nSPS) is 35.9. The minimum Gasteiger partial charge on any atom is -0.496 e. The lowest BCUT2D eigenvalue weighted by atomic mass is 9.99. The van der Waals surface area contributed by atoms with Gasteiger partial charge < -0.3 is 9.84 Å². The van der Waals surface area contributed by atoms with Crippen LogP contribution in [-0.2, 0) is 6.42 Å². The summed E-state index contributed by atoms with van der Waals surface area (Å²) in [7, 11) is 1.69. The third kappa shape index (κ3) is 1.36. The second-order valence-electron chi connectivity index (χ2n) is 5.12. The molecule has 0 radical (unpaired) electrons. The largest absolute Gasteiger partial charge is 0.496 e. The predicted molar refractivity (Wildman–Crippen MR) is 62.5 cm³/mol. The van der Waals surface area contributed by atoms with Crippen LogP contribution in [0.2, 0.25) is 0 Å². The number of fused-ring (bicyclic) bond motifs is 1. The molecule has 16 heavy (non-hydrogen) atoms. The van der Waals surface area contributed by atoms with Crippen LogP contribution in [-0.4, -0.2) is 17.8 Å². The molecule has 0 saturated heterocycles. The first-order valence-electron chi connectivity index (χ1n) is 6.10. The number of rotatable bonds is 3. The van der Waals surface area contributed by atoms with Crippen molar-refractivity contribution in [3.05, 3.63) is 29.8 Å². The third-order valence-corrected chi connectivity index (χ3v) is 4.36. The first-order chi connectivity index (χ1) is 7.75. The van der Waals surface area contributed by atoms with Gasteiger partial charge in [-0.1, -0.05) is 24.6 Å². The lowest BCUT2D eigenvalue weighted by Crippen LogP contribution is -2.19. The number of hydrogen-bond acceptors (Lipinski definition) is 2. The Hall–Kier alpha value is -1.02. The average molecular weight is 218 g/mol. The minimum atomic E-state index is -0.424. The van der Waals surface area contributed by atoms with Gasteiger partial charge in [0.2, 0.25) is 0 Å². The van der Waals surface area contributed by atoms with Crippen molar-refractivity contribution < 1.29 is 9.84 Å². The van der Waals surface area contributed by atoms with E-state index >= 15 is 0 Å². The third-order valence-electron chi connectivity index (χ3n) is 4.36. The summed E-state index contributed by atoms with van der Waals surface area (Å²) in [5.74, 6) is 2.01. The molecule has 2 heteroatoms. The molecular weight excluding hydrogens is 200 g/mol. The van der Waals surface area contributed by atoms with Crippen molar-refractivity contribution in [2.75, 3.05) is 7.11 Å². The van der Waals surface area contributed by atoms with Crippen molar-refractivity contribution in [1.29, 1.82) is 0 Å². The summed E-state index contributed by atoms with van der Waals surface area (Å²) in [6.07, 6.45) is 4.46. The maximum absolute atomic E-state index is 10.5. The molecule has 0 amide bonds. The Morgan fingerprint density at radius 3 is 2.69 bits per heavy atom. The van der Waals surface area contributed by atoms with E-state index in [1.807, 2.05) is 18.2 Å². The fourth-order valence-corrected chi connectivity index (χ4v) is 3.46. The average Bonchev–Trinajstić information content (AvgIpc) is 2.72. The molecule has 1 N–H and O–H groups in total. The molecule has 1 aromatic rings. The maximum Gasteiger partial charge on any atom is 0.122 e. The van der Waals surface area contributed by atoms with E-state index in [0.717, 1.165) is 17.7 Å². The Morgan fingerprint density at radius 1 is 1.31 bits per heavy atom. The first kappa shape index (κ1) is 10.2. The van der Waals surface area contributed by atoms with E-state index < -0.39 is 5.60 Å². The molecule has 0 heterocycles. The fourth-order valence-electron chi connectivity index (χ4n) is 3.46. The summed E-state index contributed by atoms with van der Waals surface area (Å²) in [6, 6.07) is 8.02. The molecule has 0 aliphatic heterocycles. The quantitative estimate of drug-likeness (QED) is 0.844. The van der Waals surface area contributed by atoms with E-state index in [1.54, 1.807) is 7.11 Å². The standard InChI is InChI=1S/C14H18O2/c1-16-13-8-3-2-5-10(13)9-14(15)11-6-4-7-12(11)14/h2-3,5,8,11-12,15H,4,6-7,9H2,1H3. The van der Waals surface area contributed by atoms with Crippen LogP contribution in [0.5, 0.6) is 5.75 Å². The van der Waals surface area contributed by atoms with Crippen LogP contribution < -0.4 is 4.74 Å². The van der Waals surface area contributed by atoms with Crippen LogP contribution in [0.3, 0.4) is 0 Å². The molecular formula is C14H18O2. The van der Waals surface area contributed by atoms with Crippen molar-refractivity contribution in [3.8, 4) is 5.75 Å². The van der Waals surface area contributed by atoms with E-state index in [1.165, 1.54) is 19.3 Å². The zero-order valence-corrected chi connectivity index (χ0v) is 9.65. The molecule has 86 valence electrons. The van der Waals surface area contributed by atoms with Gasteiger partial charge in [-0.25, -0.2) is 0 Å². The Balaban J connectivity index is 1.80. The number of para-hydroxylation sites is 1. The van der Waals surface area contributed by atoms with E-state index in [-0.39, 0.29) is 0 Å². The second-order valence-corrected chi connectivity index (χ2v) is 5.12. The number of methoxy groups -OCH3 is 1. The van der Waals surface area contributed by atoms with Gasteiger partial charge in [0.15, 0.2) is 0 Å². The Labute approximate surface area is 96.2 Å². The van der Waals surface area contributed by atoms with E-state index in [2.05, 4.69) is 6.07 Å². The summed E-state index contributed by atoms with van der Waals surface area (Å²) in [4.78, 5) is 0. The molecule has 2 fully saturated rings. The smallest absolute Gasteiger partial charge is 0.122 e. The Bertz CT molecular complexity index is 389. The summed E-state index contributed by atoms with van der Waals surface area (Å²) in [6.45, 7) is 0. The number of aliphatic hydroxyl groups is 1. The van der Waals surface area contributed by atoms with Gasteiger partial charge in [0.25, 0.3) is 0 Å². The highest BCUT2D eigenvalue weighted by molar-refractivity contribution is 5.36. The summed E-state index contributed by atoms with van der Waals surface area (Å²) in [5, 5.41) is 10.5. The van der Waals surface area contributed by atoms with Crippen molar-refractivity contribution in [3.63, 3.8) is 0 Å². The monoisotopic (exact) mass is 218 g/mol. The summed E-state index contributed by atoms with van der Waals surface area (Å²) < 4.78 is 5.33. The van der Waals surface area contributed by atoms with Gasteiger partial charge in [-0.05, 0) is 36.3 Å². The molecule has 2 nitrogen and oxygen atoms in total. The van der Waals surface area contributed by atoms with Crippen LogP contribution in [0, 0.1) is 11.8 Å². The minimum absolute atomic E-state index is 0.424. The number of benzene rings is 1. The van der Waals surface area contributed by atoms with E-state index in [4.69, 9.17) is 4.74 Å². The summed E-state index contributed by atoms with van der Waals surface area (Å²) in [5.41, 5.74) is 0.717. The zero-order chi connectivity index (χ0) is 11.2. The predicted octanol–water partition coefficient (Wildman–Crippen LogP) is 2.40. The van der Waals surface area contributed by atoms with Gasteiger partial charge in [-0.2, -0.15) is 0 Å². The SMILES string of the molecule is COc1ccccc1CC1(O)C2CCCC21. The Kier molecular flexibility index (Phi) is 2.21. The molecule has 0 spiro atoms. The lowest BCUT2D eigenvalue weighted by molar-refractivity contribution is 0.106. The van der Waals surface area contributed by atoms with Crippen LogP contribution in [0.4, 0.5) is 0 Å². The Morgan fingerprint density at radius 2 is 2.00 bits per heavy atom. The number of ether oxygens (including phenoxy) is 1. The van der Waals surface area contributed by atoms with Gasteiger partial charge in [0.05, 0.1) is 12.7 Å². The molecule has 2 atom stereocenters. The molecule has 2 aliphatic rings. The summed E-state index contributed by atoms with van der Waals surface area (Å²) >= 11 is 0. The van der Waals surface area contributed by atoms with Crippen molar-refractivity contribution >= 4 is 0 Å². The topological polar surface area (TPSA) is 29.5 Å². The van der Waals surface area contributed by atoms with Gasteiger partial charge in [0.1, 0.15) is 5.75 Å². The highest BCUT2D eigenvalue weighted by Crippen LogP contribution is 2.62. The van der Waals surface area contributed by atoms with Crippen molar-refractivity contribution in [2.24, 2.45) is 11.8 Å². The molecule has 3 rings (SSSR count). The van der Waals surface area contributed by atoms with E-state index in [9.17, 15) is 5.11 Å². The van der Waals surface area contributed by atoms with Crippen molar-refractivity contribution in [2.45, 2.75) is 31.3 Å². The maximum atomic E-state index is 10.5. The molecule has 0 aromatic heterocycles. The van der Waals surface area contributed by atoms with Crippen LogP contribution in [0.25, 0.3) is 0 Å². The molecule has 0 bridgehead atoms. The molecule has 1 aromatic carbocycles. The highest BCUT2D eigenvalue weighted by Gasteiger charge is 2.64. The lowest BCUT2D eigenvalue weighted by Gasteiger charge is -2.16. The van der Waals surface area contributed by atoms with Gasteiger partial charge in [-0.3, -0.25) is 0 Å². The second kappa shape index (κ2) is 3.49. The highest BCUT2D eigenvalue weighted by atomic mass is 16.5. The van der Waals surface area contributed by atoms with Gasteiger partial charge in [0, 0.05) is 6.42 Å². The van der Waals surface area contributed by atoms with E-state index in [0.29, 0.717) is 11.8 Å². The molecule has 2 saturated carbocycles. The molecule has 2 aliphatic carbocycles. The zero-order valence-electron chi connectivity index (χ0n) is 9.65. The fraction of sp³-hybridized carbons (Fsp3) is 0.571. The van der Waals surface area contributed by atoms with Crippen LogP contribution in [0.15, 0.2) is 24.3 Å². The van der Waals surface area contributed by atoms with Gasteiger partial charge in [-0.15, -0.1) is 0 Å². The first-order valence-corrected chi connectivity index (χ1v) is 6.10. The number of hydrogen-bond donors (Lipinski definition) is 1.